The van der Waals surface area contributed by atoms with Crippen LogP contribution in [0.3, 0.4) is 0 Å². The zero-order valence-electron chi connectivity index (χ0n) is 15.0. The predicted octanol–water partition coefficient (Wildman–Crippen LogP) is 4.73. The first-order chi connectivity index (χ1) is 13.9. The van der Waals surface area contributed by atoms with Crippen LogP contribution in [0.1, 0.15) is 15.9 Å². The number of carboxylic acid groups (broad SMARTS) is 1. The van der Waals surface area contributed by atoms with Crippen LogP contribution >= 0.6 is 23.8 Å². The van der Waals surface area contributed by atoms with Gasteiger partial charge in [0.05, 0.1) is 11.8 Å². The van der Waals surface area contributed by atoms with E-state index >= 15 is 0 Å². The van der Waals surface area contributed by atoms with Crippen molar-refractivity contribution in [3.63, 3.8) is 0 Å². The maximum absolute atomic E-state index is 11.0. The number of hydrogen-bond donors (Lipinski definition) is 4. The van der Waals surface area contributed by atoms with Gasteiger partial charge in [0.1, 0.15) is 5.75 Å². The summed E-state index contributed by atoms with van der Waals surface area (Å²) >= 11 is 11.2. The average Bonchev–Trinajstić information content (AvgIpc) is 2.69. The van der Waals surface area contributed by atoms with Gasteiger partial charge in [0.25, 0.3) is 0 Å². The maximum atomic E-state index is 11.0. The number of phenols is 1. The van der Waals surface area contributed by atoms with Gasteiger partial charge in [-0.05, 0) is 54.2 Å². The van der Waals surface area contributed by atoms with E-state index in [0.29, 0.717) is 21.8 Å². The van der Waals surface area contributed by atoms with Crippen LogP contribution in [0.15, 0.2) is 71.8 Å². The van der Waals surface area contributed by atoms with Crippen molar-refractivity contribution < 1.29 is 15.0 Å². The van der Waals surface area contributed by atoms with Crippen LogP contribution in [-0.2, 0) is 0 Å². The molecular formula is C21H16ClN3O3S. The van der Waals surface area contributed by atoms with E-state index in [2.05, 4.69) is 15.8 Å². The number of para-hydroxylation sites is 1. The summed E-state index contributed by atoms with van der Waals surface area (Å²) in [7, 11) is 0. The lowest BCUT2D eigenvalue weighted by Crippen LogP contribution is -2.24. The van der Waals surface area contributed by atoms with E-state index in [1.165, 1.54) is 18.3 Å². The van der Waals surface area contributed by atoms with E-state index in [1.807, 2.05) is 12.1 Å². The Labute approximate surface area is 177 Å². The van der Waals surface area contributed by atoms with Crippen LogP contribution in [0.2, 0.25) is 5.02 Å². The van der Waals surface area contributed by atoms with E-state index in [0.717, 1.165) is 5.56 Å². The van der Waals surface area contributed by atoms with Crippen LogP contribution in [0.25, 0.3) is 11.1 Å². The van der Waals surface area contributed by atoms with Gasteiger partial charge < -0.3 is 15.5 Å². The number of hydrogen-bond acceptors (Lipinski definition) is 4. The van der Waals surface area contributed by atoms with Crippen LogP contribution in [0, 0.1) is 0 Å². The lowest BCUT2D eigenvalue weighted by atomic mass is 10.0. The summed E-state index contributed by atoms with van der Waals surface area (Å²) in [5.41, 5.74) is 5.20. The van der Waals surface area contributed by atoms with Gasteiger partial charge in [0, 0.05) is 21.8 Å². The van der Waals surface area contributed by atoms with Crippen molar-refractivity contribution in [2.45, 2.75) is 0 Å². The van der Waals surface area contributed by atoms with Crippen molar-refractivity contribution in [1.82, 2.24) is 5.43 Å². The molecule has 0 spiro atoms. The number of carboxylic acids is 1. The first-order valence-electron chi connectivity index (χ1n) is 8.45. The van der Waals surface area contributed by atoms with Crippen LogP contribution < -0.4 is 10.7 Å². The average molecular weight is 426 g/mol. The molecule has 8 heteroatoms. The fourth-order valence-electron chi connectivity index (χ4n) is 2.60. The highest BCUT2D eigenvalue weighted by Gasteiger charge is 2.08. The minimum Gasteiger partial charge on any atom is -0.507 e. The molecule has 3 rings (SSSR count). The Balaban J connectivity index is 1.69. The monoisotopic (exact) mass is 425 g/mol. The molecule has 0 unspecified atom stereocenters. The maximum Gasteiger partial charge on any atom is 0.335 e. The number of aromatic hydroxyl groups is 1. The van der Waals surface area contributed by atoms with Gasteiger partial charge in [-0.1, -0.05) is 41.9 Å². The number of rotatable bonds is 5. The fourth-order valence-corrected chi connectivity index (χ4v) is 2.96. The molecule has 0 bridgehead atoms. The molecule has 0 aliphatic heterocycles. The lowest BCUT2D eigenvalue weighted by molar-refractivity contribution is 0.0697. The second-order valence-corrected chi connectivity index (χ2v) is 6.81. The standard InChI is InChI=1S/C21H16ClN3O3S/c22-16-7-1-4-13(10-16)18-9-3-6-15(19(18)26)12-23-25-21(29)24-17-8-2-5-14(11-17)20(27)28/h1-12,26H,(H,27,28)(H2,24,25,29)/b23-12+. The minimum absolute atomic E-state index is 0.0633. The number of hydrazone groups is 1. The normalized spacial score (nSPS) is 10.7. The molecule has 0 radical (unpaired) electrons. The van der Waals surface area contributed by atoms with E-state index in [9.17, 15) is 9.90 Å². The molecule has 3 aromatic carbocycles. The molecule has 0 saturated heterocycles. The molecule has 6 nitrogen and oxygen atoms in total. The summed E-state index contributed by atoms with van der Waals surface area (Å²) < 4.78 is 0. The molecule has 146 valence electrons. The number of benzene rings is 3. The summed E-state index contributed by atoms with van der Waals surface area (Å²) in [6, 6.07) is 18.7. The van der Waals surface area contributed by atoms with E-state index in [1.54, 1.807) is 42.5 Å². The molecule has 3 aromatic rings. The fraction of sp³-hybridized carbons (Fsp3) is 0. The Morgan fingerprint density at radius 2 is 1.83 bits per heavy atom. The SMILES string of the molecule is O=C(O)c1cccc(NC(=S)N/N=C/c2cccc(-c3cccc(Cl)c3)c2O)c1. The third-order valence-electron chi connectivity index (χ3n) is 3.94. The smallest absolute Gasteiger partial charge is 0.335 e. The third kappa shape index (κ3) is 5.31. The van der Waals surface area contributed by atoms with Crippen molar-refractivity contribution in [2.75, 3.05) is 5.32 Å². The Hall–Kier alpha value is -3.42. The Morgan fingerprint density at radius 1 is 1.07 bits per heavy atom. The molecule has 0 aliphatic rings. The number of phenolic OH excluding ortho intramolecular Hbond substituents is 1. The molecule has 0 saturated carbocycles. The van der Waals surface area contributed by atoms with Crippen molar-refractivity contribution in [3.05, 3.63) is 82.9 Å². The number of nitrogens with zero attached hydrogens (tertiary/aromatic N) is 1. The molecular weight excluding hydrogens is 410 g/mol. The van der Waals surface area contributed by atoms with E-state index in [-0.39, 0.29) is 16.4 Å². The molecule has 0 fully saturated rings. The van der Waals surface area contributed by atoms with Gasteiger partial charge in [0.15, 0.2) is 5.11 Å². The van der Waals surface area contributed by atoms with Gasteiger partial charge in [-0.3, -0.25) is 5.43 Å². The topological polar surface area (TPSA) is 94.0 Å². The minimum atomic E-state index is -1.03. The van der Waals surface area contributed by atoms with Crippen LogP contribution in [0.5, 0.6) is 5.75 Å². The van der Waals surface area contributed by atoms with Crippen molar-refractivity contribution in [2.24, 2.45) is 5.10 Å². The quantitative estimate of drug-likeness (QED) is 0.268. The van der Waals surface area contributed by atoms with Crippen molar-refractivity contribution in [3.8, 4) is 16.9 Å². The molecule has 29 heavy (non-hydrogen) atoms. The number of anilines is 1. The summed E-state index contributed by atoms with van der Waals surface area (Å²) in [6.07, 6.45) is 1.44. The number of carbonyl (C=O) groups is 1. The van der Waals surface area contributed by atoms with Gasteiger partial charge >= 0.3 is 5.97 Å². The van der Waals surface area contributed by atoms with E-state index < -0.39 is 5.97 Å². The largest absolute Gasteiger partial charge is 0.507 e. The lowest BCUT2D eigenvalue weighted by Gasteiger charge is -2.09. The van der Waals surface area contributed by atoms with Gasteiger partial charge in [0.2, 0.25) is 0 Å². The van der Waals surface area contributed by atoms with Crippen molar-refractivity contribution in [1.29, 1.82) is 0 Å². The Bertz CT molecular complexity index is 1100. The molecule has 0 aromatic heterocycles. The number of thiocarbonyl (C=S) groups is 1. The number of aromatic carboxylic acids is 1. The Kier molecular flexibility index (Phi) is 6.43. The van der Waals surface area contributed by atoms with E-state index in [4.69, 9.17) is 28.9 Å². The Morgan fingerprint density at radius 3 is 2.59 bits per heavy atom. The highest BCUT2D eigenvalue weighted by Crippen LogP contribution is 2.32. The number of nitrogens with one attached hydrogen (secondary N) is 2. The second-order valence-electron chi connectivity index (χ2n) is 5.96. The molecule has 0 atom stereocenters. The summed E-state index contributed by atoms with van der Waals surface area (Å²) in [5.74, 6) is -0.964. The van der Waals surface area contributed by atoms with Gasteiger partial charge in [-0.25, -0.2) is 4.79 Å². The number of halogens is 1. The van der Waals surface area contributed by atoms with Crippen molar-refractivity contribution >= 4 is 46.8 Å². The van der Waals surface area contributed by atoms with Gasteiger partial charge in [-0.2, -0.15) is 5.10 Å². The molecule has 4 N–H and O–H groups in total. The van der Waals surface area contributed by atoms with Crippen LogP contribution in [0.4, 0.5) is 5.69 Å². The zero-order valence-corrected chi connectivity index (χ0v) is 16.5. The third-order valence-corrected chi connectivity index (χ3v) is 4.37. The highest BCUT2D eigenvalue weighted by molar-refractivity contribution is 7.80. The first kappa shape index (κ1) is 20.3. The first-order valence-corrected chi connectivity index (χ1v) is 9.24. The zero-order chi connectivity index (χ0) is 20.8. The summed E-state index contributed by atoms with van der Waals surface area (Å²) in [4.78, 5) is 11.0. The van der Waals surface area contributed by atoms with Gasteiger partial charge in [-0.15, -0.1) is 0 Å². The molecule has 0 aliphatic carbocycles. The predicted molar refractivity (Wildman–Crippen MR) is 119 cm³/mol. The summed E-state index contributed by atoms with van der Waals surface area (Å²) in [5, 5.41) is 27.2. The highest BCUT2D eigenvalue weighted by atomic mass is 35.5. The molecule has 0 amide bonds. The van der Waals surface area contributed by atoms with Crippen LogP contribution in [-0.4, -0.2) is 27.5 Å². The second kappa shape index (κ2) is 9.18. The molecule has 0 heterocycles. The summed E-state index contributed by atoms with van der Waals surface area (Å²) in [6.45, 7) is 0.